The van der Waals surface area contributed by atoms with Crippen LogP contribution in [0.1, 0.15) is 28.6 Å². The van der Waals surface area contributed by atoms with Gasteiger partial charge >= 0.3 is 5.97 Å². The van der Waals surface area contributed by atoms with E-state index in [0.29, 0.717) is 10.7 Å². The SMILES string of the molecule is Cc1ccc(NC(=O)[C@@H](C)OC(=O)c2cc(=O)c3cc(Cl)ccc3o2)c(C)c1. The van der Waals surface area contributed by atoms with E-state index in [0.717, 1.165) is 17.2 Å². The molecule has 1 heterocycles. The molecular formula is C21H18ClNO5. The molecule has 0 saturated carbocycles. The van der Waals surface area contributed by atoms with Gasteiger partial charge in [-0.2, -0.15) is 0 Å². The second-order valence-corrected chi connectivity index (χ2v) is 6.91. The van der Waals surface area contributed by atoms with E-state index in [4.69, 9.17) is 20.8 Å². The molecule has 0 radical (unpaired) electrons. The molecule has 0 unspecified atom stereocenters. The molecule has 1 aromatic heterocycles. The number of anilines is 1. The summed E-state index contributed by atoms with van der Waals surface area (Å²) in [4.78, 5) is 36.8. The number of amides is 1. The third kappa shape index (κ3) is 4.23. The Morgan fingerprint density at radius 3 is 2.57 bits per heavy atom. The summed E-state index contributed by atoms with van der Waals surface area (Å²) in [6, 6.07) is 11.1. The van der Waals surface area contributed by atoms with Crippen molar-refractivity contribution in [3.63, 3.8) is 0 Å². The van der Waals surface area contributed by atoms with E-state index in [-0.39, 0.29) is 16.7 Å². The Morgan fingerprint density at radius 2 is 1.86 bits per heavy atom. The van der Waals surface area contributed by atoms with Gasteiger partial charge in [0.1, 0.15) is 5.58 Å². The Kier molecular flexibility index (Phi) is 5.51. The smallest absolute Gasteiger partial charge is 0.375 e. The molecular weight excluding hydrogens is 382 g/mol. The number of nitrogens with one attached hydrogen (secondary N) is 1. The minimum atomic E-state index is -1.08. The number of esters is 1. The minimum Gasteiger partial charge on any atom is -0.449 e. The lowest BCUT2D eigenvalue weighted by molar-refractivity contribution is -0.123. The molecule has 3 aromatic rings. The van der Waals surface area contributed by atoms with Crippen LogP contribution in [0.4, 0.5) is 5.69 Å². The normalized spacial score (nSPS) is 11.9. The zero-order valence-corrected chi connectivity index (χ0v) is 16.3. The zero-order valence-electron chi connectivity index (χ0n) is 15.5. The first-order chi connectivity index (χ1) is 13.2. The van der Waals surface area contributed by atoms with E-state index in [2.05, 4.69) is 5.32 Å². The molecule has 2 aromatic carbocycles. The minimum absolute atomic E-state index is 0.205. The lowest BCUT2D eigenvalue weighted by atomic mass is 10.1. The average Bonchev–Trinajstić information content (AvgIpc) is 2.64. The number of carbonyl (C=O) groups is 2. The molecule has 28 heavy (non-hydrogen) atoms. The van der Waals surface area contributed by atoms with E-state index in [1.807, 2.05) is 26.0 Å². The summed E-state index contributed by atoms with van der Waals surface area (Å²) in [6.45, 7) is 5.26. The van der Waals surface area contributed by atoms with Gasteiger partial charge in [0, 0.05) is 16.8 Å². The molecule has 6 nitrogen and oxygen atoms in total. The van der Waals surface area contributed by atoms with Crippen LogP contribution < -0.4 is 10.7 Å². The summed E-state index contributed by atoms with van der Waals surface area (Å²) in [5, 5.41) is 3.35. The summed E-state index contributed by atoms with van der Waals surface area (Å²) in [5.41, 5.74) is 2.38. The number of ether oxygens (including phenoxy) is 1. The van der Waals surface area contributed by atoms with Gasteiger partial charge < -0.3 is 14.5 Å². The van der Waals surface area contributed by atoms with Crippen molar-refractivity contribution >= 4 is 40.1 Å². The fourth-order valence-corrected chi connectivity index (χ4v) is 2.86. The van der Waals surface area contributed by atoms with Gasteiger partial charge in [-0.3, -0.25) is 9.59 Å². The molecule has 7 heteroatoms. The zero-order chi connectivity index (χ0) is 20.4. The van der Waals surface area contributed by atoms with Gasteiger partial charge in [-0.15, -0.1) is 0 Å². The number of benzene rings is 2. The topological polar surface area (TPSA) is 85.6 Å². The Morgan fingerprint density at radius 1 is 1.11 bits per heavy atom. The van der Waals surface area contributed by atoms with Gasteiger partial charge in [0.2, 0.25) is 5.76 Å². The predicted molar refractivity (Wildman–Crippen MR) is 107 cm³/mol. The van der Waals surface area contributed by atoms with Crippen LogP contribution in [0.25, 0.3) is 11.0 Å². The van der Waals surface area contributed by atoms with Crippen LogP contribution in [0.2, 0.25) is 5.02 Å². The van der Waals surface area contributed by atoms with E-state index in [1.165, 1.54) is 19.1 Å². The lowest BCUT2D eigenvalue weighted by Gasteiger charge is -2.14. The number of aryl methyl sites for hydroxylation is 2. The molecule has 0 saturated heterocycles. The quantitative estimate of drug-likeness (QED) is 0.663. The van der Waals surface area contributed by atoms with Crippen molar-refractivity contribution in [2.45, 2.75) is 26.9 Å². The van der Waals surface area contributed by atoms with Gasteiger partial charge in [0.15, 0.2) is 11.5 Å². The monoisotopic (exact) mass is 399 g/mol. The predicted octanol–water partition coefficient (Wildman–Crippen LogP) is 4.25. The first-order valence-electron chi connectivity index (χ1n) is 8.57. The maximum absolute atomic E-state index is 12.3. The van der Waals surface area contributed by atoms with Crippen molar-refractivity contribution in [2.75, 3.05) is 5.32 Å². The highest BCUT2D eigenvalue weighted by molar-refractivity contribution is 6.31. The molecule has 144 valence electrons. The van der Waals surface area contributed by atoms with E-state index >= 15 is 0 Å². The van der Waals surface area contributed by atoms with Gasteiger partial charge in [-0.25, -0.2) is 4.79 Å². The van der Waals surface area contributed by atoms with Crippen molar-refractivity contribution < 1.29 is 18.7 Å². The highest BCUT2D eigenvalue weighted by Crippen LogP contribution is 2.19. The van der Waals surface area contributed by atoms with Crippen LogP contribution >= 0.6 is 11.6 Å². The number of hydrogen-bond acceptors (Lipinski definition) is 5. The van der Waals surface area contributed by atoms with E-state index in [1.54, 1.807) is 12.1 Å². The Labute approximate surface area is 166 Å². The summed E-state index contributed by atoms with van der Waals surface area (Å²) in [5.74, 6) is -1.68. The van der Waals surface area contributed by atoms with E-state index < -0.39 is 23.4 Å². The van der Waals surface area contributed by atoms with Crippen LogP contribution in [0.5, 0.6) is 0 Å². The molecule has 1 N–H and O–H groups in total. The average molecular weight is 400 g/mol. The van der Waals surface area contributed by atoms with Crippen molar-refractivity contribution in [2.24, 2.45) is 0 Å². The van der Waals surface area contributed by atoms with Crippen molar-refractivity contribution in [1.29, 1.82) is 0 Å². The second kappa shape index (κ2) is 7.86. The third-order valence-corrected chi connectivity index (χ3v) is 4.42. The number of rotatable bonds is 4. The van der Waals surface area contributed by atoms with Crippen LogP contribution in [0.3, 0.4) is 0 Å². The molecule has 0 bridgehead atoms. The Bertz CT molecular complexity index is 1140. The largest absolute Gasteiger partial charge is 0.449 e. The standard InChI is InChI=1S/C21H18ClNO5/c1-11-4-6-16(12(2)8-11)23-20(25)13(3)27-21(26)19-10-17(24)15-9-14(22)5-7-18(15)28-19/h4-10,13H,1-3H3,(H,23,25)/t13-/m1/s1. The van der Waals surface area contributed by atoms with Crippen LogP contribution in [-0.2, 0) is 9.53 Å². The van der Waals surface area contributed by atoms with Crippen molar-refractivity contribution in [1.82, 2.24) is 0 Å². The van der Waals surface area contributed by atoms with Crippen LogP contribution in [0.15, 0.2) is 51.7 Å². The van der Waals surface area contributed by atoms with Crippen LogP contribution in [-0.4, -0.2) is 18.0 Å². The number of fused-ring (bicyclic) bond motifs is 1. The second-order valence-electron chi connectivity index (χ2n) is 6.47. The maximum atomic E-state index is 12.3. The first kappa shape index (κ1) is 19.6. The van der Waals surface area contributed by atoms with E-state index in [9.17, 15) is 14.4 Å². The summed E-state index contributed by atoms with van der Waals surface area (Å²) in [6.07, 6.45) is -1.08. The highest BCUT2D eigenvalue weighted by Gasteiger charge is 2.22. The fraction of sp³-hybridized carbons (Fsp3) is 0.190. The highest BCUT2D eigenvalue weighted by atomic mass is 35.5. The first-order valence-corrected chi connectivity index (χ1v) is 8.95. The molecule has 0 fully saturated rings. The number of carbonyl (C=O) groups excluding carboxylic acids is 2. The van der Waals surface area contributed by atoms with Crippen molar-refractivity contribution in [3.05, 3.63) is 74.6 Å². The molecule has 1 atom stereocenters. The molecule has 0 aliphatic heterocycles. The molecule has 0 aliphatic rings. The van der Waals surface area contributed by atoms with Gasteiger partial charge in [0.25, 0.3) is 5.91 Å². The third-order valence-electron chi connectivity index (χ3n) is 4.18. The Balaban J connectivity index is 1.74. The van der Waals surface area contributed by atoms with Crippen LogP contribution in [0, 0.1) is 13.8 Å². The number of hydrogen-bond donors (Lipinski definition) is 1. The fourth-order valence-electron chi connectivity index (χ4n) is 2.69. The molecule has 3 rings (SSSR count). The maximum Gasteiger partial charge on any atom is 0.375 e. The number of halogens is 1. The van der Waals surface area contributed by atoms with Crippen molar-refractivity contribution in [3.8, 4) is 0 Å². The van der Waals surface area contributed by atoms with Gasteiger partial charge in [-0.1, -0.05) is 29.3 Å². The Hall–Kier alpha value is -3.12. The molecule has 1 amide bonds. The molecule has 0 aliphatic carbocycles. The summed E-state index contributed by atoms with van der Waals surface area (Å²) < 4.78 is 10.6. The van der Waals surface area contributed by atoms with Gasteiger partial charge in [-0.05, 0) is 50.6 Å². The van der Waals surface area contributed by atoms with Gasteiger partial charge in [0.05, 0.1) is 5.39 Å². The lowest BCUT2D eigenvalue weighted by Crippen LogP contribution is -2.30. The summed E-state index contributed by atoms with van der Waals surface area (Å²) >= 11 is 5.87. The molecule has 0 spiro atoms. The summed E-state index contributed by atoms with van der Waals surface area (Å²) in [7, 11) is 0.